The van der Waals surface area contributed by atoms with E-state index < -0.39 is 5.25 Å². The second-order valence-electron chi connectivity index (χ2n) is 6.91. The molecule has 0 spiro atoms. The highest BCUT2D eigenvalue weighted by Crippen LogP contribution is 2.25. The molecule has 30 heavy (non-hydrogen) atoms. The zero-order valence-corrected chi connectivity index (χ0v) is 17.2. The highest BCUT2D eigenvalue weighted by atomic mass is 32.2. The molecule has 0 aliphatic rings. The Balaban J connectivity index is 1.61. The first-order valence-electron chi connectivity index (χ1n) is 9.33. The van der Waals surface area contributed by atoms with Crippen LogP contribution in [0.3, 0.4) is 0 Å². The van der Waals surface area contributed by atoms with Gasteiger partial charge in [-0.3, -0.25) is 14.2 Å². The number of rotatable bonds is 4. The molecule has 0 radical (unpaired) electrons. The molecular formula is C23H18N4O2S. The average Bonchev–Trinajstić information content (AvgIpc) is 2.76. The summed E-state index contributed by atoms with van der Waals surface area (Å²) < 4.78 is 1.48. The van der Waals surface area contributed by atoms with Gasteiger partial charge < -0.3 is 5.32 Å². The summed E-state index contributed by atoms with van der Waals surface area (Å²) in [5.41, 5.74) is 1.60. The van der Waals surface area contributed by atoms with Crippen molar-refractivity contribution in [3.05, 3.63) is 76.6 Å². The fourth-order valence-electron chi connectivity index (χ4n) is 3.13. The van der Waals surface area contributed by atoms with Crippen molar-refractivity contribution in [3.63, 3.8) is 0 Å². The number of nitriles is 1. The quantitative estimate of drug-likeness (QED) is 0.309. The highest BCUT2D eigenvalue weighted by Gasteiger charge is 2.19. The predicted molar refractivity (Wildman–Crippen MR) is 120 cm³/mol. The monoisotopic (exact) mass is 414 g/mol. The van der Waals surface area contributed by atoms with E-state index in [2.05, 4.69) is 10.3 Å². The Morgan fingerprint density at radius 3 is 2.47 bits per heavy atom. The minimum absolute atomic E-state index is 0.145. The van der Waals surface area contributed by atoms with E-state index in [9.17, 15) is 9.59 Å². The molecular weight excluding hydrogens is 396 g/mol. The van der Waals surface area contributed by atoms with Crippen LogP contribution in [0.4, 0.5) is 5.69 Å². The third kappa shape index (κ3) is 3.78. The standard InChI is InChI=1S/C23H18N4O2S/c1-14(21(28)25-18-9-7-15(13-24)8-10-18)30-23-26-20-12-17-6-4-3-5-16(17)11-19(20)22(29)27(23)2/h3-12,14H,1-2H3,(H,25,28)/t14-/m1/s1. The summed E-state index contributed by atoms with van der Waals surface area (Å²) in [5, 5.41) is 14.2. The van der Waals surface area contributed by atoms with Crippen molar-refractivity contribution in [3.8, 4) is 6.07 Å². The summed E-state index contributed by atoms with van der Waals surface area (Å²) in [6.07, 6.45) is 0. The number of hydrogen-bond donors (Lipinski definition) is 1. The zero-order chi connectivity index (χ0) is 21.3. The van der Waals surface area contributed by atoms with Crippen LogP contribution in [-0.2, 0) is 11.8 Å². The van der Waals surface area contributed by atoms with E-state index in [1.54, 1.807) is 38.2 Å². The molecule has 1 heterocycles. The van der Waals surface area contributed by atoms with Crippen LogP contribution in [0, 0.1) is 11.3 Å². The van der Waals surface area contributed by atoms with Crippen molar-refractivity contribution in [2.24, 2.45) is 7.05 Å². The van der Waals surface area contributed by atoms with E-state index in [1.807, 2.05) is 42.5 Å². The van der Waals surface area contributed by atoms with Crippen LogP contribution in [0.2, 0.25) is 0 Å². The lowest BCUT2D eigenvalue weighted by atomic mass is 10.1. The first-order valence-corrected chi connectivity index (χ1v) is 10.2. The highest BCUT2D eigenvalue weighted by molar-refractivity contribution is 8.00. The molecule has 1 amide bonds. The van der Waals surface area contributed by atoms with E-state index >= 15 is 0 Å². The van der Waals surface area contributed by atoms with Gasteiger partial charge in [0.1, 0.15) is 0 Å². The van der Waals surface area contributed by atoms with Crippen LogP contribution in [0.1, 0.15) is 12.5 Å². The molecule has 148 valence electrons. The molecule has 4 rings (SSSR count). The van der Waals surface area contributed by atoms with Gasteiger partial charge in [-0.15, -0.1) is 0 Å². The Morgan fingerprint density at radius 1 is 1.13 bits per heavy atom. The van der Waals surface area contributed by atoms with Crippen LogP contribution >= 0.6 is 11.8 Å². The molecule has 0 saturated heterocycles. The van der Waals surface area contributed by atoms with Gasteiger partial charge in [-0.05, 0) is 54.1 Å². The van der Waals surface area contributed by atoms with Crippen molar-refractivity contribution in [2.45, 2.75) is 17.3 Å². The molecule has 0 saturated carbocycles. The van der Waals surface area contributed by atoms with Crippen LogP contribution < -0.4 is 10.9 Å². The van der Waals surface area contributed by atoms with Gasteiger partial charge in [-0.25, -0.2) is 4.98 Å². The molecule has 1 N–H and O–H groups in total. The van der Waals surface area contributed by atoms with Gasteiger partial charge in [0.15, 0.2) is 5.16 Å². The van der Waals surface area contributed by atoms with Crippen molar-refractivity contribution in [2.75, 3.05) is 5.32 Å². The van der Waals surface area contributed by atoms with Gasteiger partial charge >= 0.3 is 0 Å². The summed E-state index contributed by atoms with van der Waals surface area (Å²) in [6.45, 7) is 1.76. The second kappa shape index (κ2) is 8.01. The minimum atomic E-state index is -0.475. The number of nitrogens with zero attached hydrogens (tertiary/aromatic N) is 3. The molecule has 4 aromatic rings. The van der Waals surface area contributed by atoms with Gasteiger partial charge in [0, 0.05) is 12.7 Å². The molecule has 7 heteroatoms. The Hall–Kier alpha value is -3.63. The fourth-order valence-corrected chi connectivity index (χ4v) is 4.00. The SMILES string of the molecule is C[C@@H](Sc1nc2cc3ccccc3cc2c(=O)n1C)C(=O)Nc1ccc(C#N)cc1. The number of hydrogen-bond acceptors (Lipinski definition) is 5. The molecule has 0 bridgehead atoms. The molecule has 3 aromatic carbocycles. The van der Waals surface area contributed by atoms with Crippen LogP contribution in [0.5, 0.6) is 0 Å². The largest absolute Gasteiger partial charge is 0.325 e. The van der Waals surface area contributed by atoms with Crippen molar-refractivity contribution in [1.29, 1.82) is 5.26 Å². The third-order valence-corrected chi connectivity index (χ3v) is 5.98. The van der Waals surface area contributed by atoms with Gasteiger partial charge in [-0.2, -0.15) is 5.26 Å². The van der Waals surface area contributed by atoms with E-state index in [0.29, 0.717) is 27.3 Å². The van der Waals surface area contributed by atoms with E-state index in [-0.39, 0.29) is 11.5 Å². The van der Waals surface area contributed by atoms with Crippen LogP contribution in [0.15, 0.2) is 70.6 Å². The maximum atomic E-state index is 12.9. The number of amides is 1. The average molecular weight is 414 g/mol. The summed E-state index contributed by atoms with van der Waals surface area (Å²) in [4.78, 5) is 30.1. The maximum Gasteiger partial charge on any atom is 0.261 e. The first kappa shape index (κ1) is 19.7. The lowest BCUT2D eigenvalue weighted by Gasteiger charge is -2.14. The Kier molecular flexibility index (Phi) is 5.25. The lowest BCUT2D eigenvalue weighted by molar-refractivity contribution is -0.115. The summed E-state index contributed by atoms with van der Waals surface area (Å²) in [7, 11) is 1.66. The molecule has 1 atom stereocenters. The van der Waals surface area contributed by atoms with E-state index in [0.717, 1.165) is 10.8 Å². The lowest BCUT2D eigenvalue weighted by Crippen LogP contribution is -2.25. The number of nitrogens with one attached hydrogen (secondary N) is 1. The van der Waals surface area contributed by atoms with Gasteiger partial charge in [0.05, 0.1) is 27.8 Å². The number of benzene rings is 3. The molecule has 0 aliphatic heterocycles. The molecule has 0 unspecified atom stereocenters. The zero-order valence-electron chi connectivity index (χ0n) is 16.4. The third-order valence-electron chi connectivity index (χ3n) is 4.84. The Labute approximate surface area is 177 Å². The molecule has 6 nitrogen and oxygen atoms in total. The second-order valence-corrected chi connectivity index (χ2v) is 8.22. The van der Waals surface area contributed by atoms with Crippen molar-refractivity contribution < 1.29 is 4.79 Å². The van der Waals surface area contributed by atoms with Gasteiger partial charge in [-0.1, -0.05) is 36.0 Å². The number of carbonyl (C=O) groups is 1. The Bertz CT molecular complexity index is 1370. The summed E-state index contributed by atoms with van der Waals surface area (Å²) in [6, 6.07) is 20.3. The van der Waals surface area contributed by atoms with E-state index in [4.69, 9.17) is 5.26 Å². The number of carbonyl (C=O) groups excluding carboxylic acids is 1. The fraction of sp³-hybridized carbons (Fsp3) is 0.130. The Morgan fingerprint density at radius 2 is 1.80 bits per heavy atom. The summed E-state index contributed by atoms with van der Waals surface area (Å²) >= 11 is 1.23. The predicted octanol–water partition coefficient (Wildman–Crippen LogP) is 4.08. The maximum absolute atomic E-state index is 12.9. The van der Waals surface area contributed by atoms with Crippen LogP contribution in [-0.4, -0.2) is 20.7 Å². The van der Waals surface area contributed by atoms with Crippen molar-refractivity contribution >= 4 is 45.0 Å². The van der Waals surface area contributed by atoms with Crippen LogP contribution in [0.25, 0.3) is 21.7 Å². The van der Waals surface area contributed by atoms with Gasteiger partial charge in [0.2, 0.25) is 5.91 Å². The molecule has 0 fully saturated rings. The molecule has 0 aliphatic carbocycles. The normalized spacial score (nSPS) is 11.9. The number of anilines is 1. The number of aromatic nitrogens is 2. The summed E-state index contributed by atoms with van der Waals surface area (Å²) in [5.74, 6) is -0.211. The number of thioether (sulfide) groups is 1. The topological polar surface area (TPSA) is 87.8 Å². The smallest absolute Gasteiger partial charge is 0.261 e. The van der Waals surface area contributed by atoms with Crippen molar-refractivity contribution in [1.82, 2.24) is 9.55 Å². The van der Waals surface area contributed by atoms with E-state index in [1.165, 1.54) is 16.3 Å². The number of fused-ring (bicyclic) bond motifs is 2. The molecule has 1 aromatic heterocycles. The minimum Gasteiger partial charge on any atom is -0.325 e. The first-order chi connectivity index (χ1) is 14.5. The van der Waals surface area contributed by atoms with Gasteiger partial charge in [0.25, 0.3) is 5.56 Å².